The summed E-state index contributed by atoms with van der Waals surface area (Å²) in [6.45, 7) is 1.74. The van der Waals surface area contributed by atoms with Gasteiger partial charge >= 0.3 is 0 Å². The standard InChI is InChI=1S/C17H21FN2/c1-19-11-10-14-6-3-4-7-15(14)13-20(2)17-9-5-8-16(18)12-17/h3-9,12,19H,10-11,13H2,1-2H3. The molecule has 0 aromatic heterocycles. The maximum Gasteiger partial charge on any atom is 0.125 e. The van der Waals surface area contributed by atoms with Gasteiger partial charge in [0, 0.05) is 19.3 Å². The van der Waals surface area contributed by atoms with Crippen molar-refractivity contribution in [3.8, 4) is 0 Å². The molecule has 0 unspecified atom stereocenters. The van der Waals surface area contributed by atoms with Crippen LogP contribution in [0.2, 0.25) is 0 Å². The quantitative estimate of drug-likeness (QED) is 0.868. The molecular formula is C17H21FN2. The summed E-state index contributed by atoms with van der Waals surface area (Å²) in [5, 5.41) is 3.17. The molecule has 0 atom stereocenters. The lowest BCUT2D eigenvalue weighted by atomic mass is 10.0. The number of halogens is 1. The van der Waals surface area contributed by atoms with Crippen molar-refractivity contribution in [2.75, 3.05) is 25.5 Å². The van der Waals surface area contributed by atoms with E-state index in [-0.39, 0.29) is 5.82 Å². The fourth-order valence-electron chi connectivity index (χ4n) is 2.28. The number of benzene rings is 2. The van der Waals surface area contributed by atoms with Crippen LogP contribution in [0.15, 0.2) is 48.5 Å². The van der Waals surface area contributed by atoms with Crippen molar-refractivity contribution < 1.29 is 4.39 Å². The summed E-state index contributed by atoms with van der Waals surface area (Å²) in [4.78, 5) is 2.07. The second-order valence-corrected chi connectivity index (χ2v) is 4.96. The van der Waals surface area contributed by atoms with E-state index in [2.05, 4.69) is 34.5 Å². The van der Waals surface area contributed by atoms with Crippen molar-refractivity contribution in [2.45, 2.75) is 13.0 Å². The molecule has 2 aromatic rings. The summed E-state index contributed by atoms with van der Waals surface area (Å²) >= 11 is 0. The first-order chi connectivity index (χ1) is 9.70. The van der Waals surface area contributed by atoms with Crippen molar-refractivity contribution in [1.29, 1.82) is 0 Å². The largest absolute Gasteiger partial charge is 0.370 e. The molecule has 20 heavy (non-hydrogen) atoms. The van der Waals surface area contributed by atoms with Crippen LogP contribution in [-0.2, 0) is 13.0 Å². The lowest BCUT2D eigenvalue weighted by Gasteiger charge is -2.21. The Labute approximate surface area is 120 Å². The van der Waals surface area contributed by atoms with Gasteiger partial charge in [-0.3, -0.25) is 0 Å². The normalized spacial score (nSPS) is 10.6. The van der Waals surface area contributed by atoms with Crippen molar-refractivity contribution in [1.82, 2.24) is 5.32 Å². The van der Waals surface area contributed by atoms with E-state index < -0.39 is 0 Å². The molecule has 2 nitrogen and oxygen atoms in total. The van der Waals surface area contributed by atoms with Gasteiger partial charge in [-0.15, -0.1) is 0 Å². The average Bonchev–Trinajstić information content (AvgIpc) is 2.46. The lowest BCUT2D eigenvalue weighted by Crippen LogP contribution is -2.18. The minimum Gasteiger partial charge on any atom is -0.370 e. The smallest absolute Gasteiger partial charge is 0.125 e. The zero-order chi connectivity index (χ0) is 14.4. The van der Waals surface area contributed by atoms with Crippen LogP contribution in [0.25, 0.3) is 0 Å². The molecule has 2 aromatic carbocycles. The maximum absolute atomic E-state index is 13.3. The van der Waals surface area contributed by atoms with E-state index in [1.54, 1.807) is 12.1 Å². The molecule has 0 saturated carbocycles. The fraction of sp³-hybridized carbons (Fsp3) is 0.294. The minimum atomic E-state index is -0.196. The number of hydrogen-bond acceptors (Lipinski definition) is 2. The molecule has 0 aliphatic carbocycles. The van der Waals surface area contributed by atoms with Crippen LogP contribution in [0, 0.1) is 5.82 Å². The van der Waals surface area contributed by atoms with Gasteiger partial charge in [-0.2, -0.15) is 0 Å². The van der Waals surface area contributed by atoms with Crippen LogP contribution in [0.3, 0.4) is 0 Å². The molecule has 0 aliphatic rings. The Morgan fingerprint density at radius 1 is 1.05 bits per heavy atom. The van der Waals surface area contributed by atoms with Gasteiger partial charge in [0.1, 0.15) is 5.82 Å². The van der Waals surface area contributed by atoms with Gasteiger partial charge in [-0.25, -0.2) is 4.39 Å². The van der Waals surface area contributed by atoms with Gasteiger partial charge in [0.2, 0.25) is 0 Å². The molecule has 0 spiro atoms. The zero-order valence-corrected chi connectivity index (χ0v) is 12.1. The van der Waals surface area contributed by atoms with Crippen LogP contribution in [0.1, 0.15) is 11.1 Å². The van der Waals surface area contributed by atoms with Crippen LogP contribution in [0.5, 0.6) is 0 Å². The Kier molecular flexibility index (Phi) is 5.13. The van der Waals surface area contributed by atoms with Crippen LogP contribution < -0.4 is 10.2 Å². The van der Waals surface area contributed by atoms with E-state index in [9.17, 15) is 4.39 Å². The highest BCUT2D eigenvalue weighted by atomic mass is 19.1. The van der Waals surface area contributed by atoms with Gasteiger partial charge in [0.15, 0.2) is 0 Å². The van der Waals surface area contributed by atoms with E-state index in [1.165, 1.54) is 17.2 Å². The molecule has 106 valence electrons. The van der Waals surface area contributed by atoms with Crippen molar-refractivity contribution in [3.05, 3.63) is 65.5 Å². The second-order valence-electron chi connectivity index (χ2n) is 4.96. The molecule has 0 bridgehead atoms. The third-order valence-electron chi connectivity index (χ3n) is 3.42. The molecule has 0 radical (unpaired) electrons. The Morgan fingerprint density at radius 3 is 2.50 bits per heavy atom. The third-order valence-corrected chi connectivity index (χ3v) is 3.42. The number of nitrogens with zero attached hydrogens (tertiary/aromatic N) is 1. The fourth-order valence-corrected chi connectivity index (χ4v) is 2.28. The highest BCUT2D eigenvalue weighted by molar-refractivity contribution is 5.46. The predicted octanol–water partition coefficient (Wildman–Crippen LogP) is 3.22. The highest BCUT2D eigenvalue weighted by Crippen LogP contribution is 2.18. The van der Waals surface area contributed by atoms with E-state index in [4.69, 9.17) is 0 Å². The summed E-state index contributed by atoms with van der Waals surface area (Å²) in [6, 6.07) is 15.1. The van der Waals surface area contributed by atoms with Crippen LogP contribution >= 0.6 is 0 Å². The highest BCUT2D eigenvalue weighted by Gasteiger charge is 2.06. The summed E-state index contributed by atoms with van der Waals surface area (Å²) < 4.78 is 13.3. The zero-order valence-electron chi connectivity index (χ0n) is 12.1. The molecule has 0 aliphatic heterocycles. The summed E-state index contributed by atoms with van der Waals surface area (Å²) in [7, 11) is 3.95. The van der Waals surface area contributed by atoms with Crippen molar-refractivity contribution in [3.63, 3.8) is 0 Å². The maximum atomic E-state index is 13.3. The molecule has 0 amide bonds. The molecule has 1 N–H and O–H groups in total. The molecule has 0 fully saturated rings. The molecule has 3 heteroatoms. The first-order valence-electron chi connectivity index (χ1n) is 6.89. The molecule has 0 saturated heterocycles. The summed E-state index contributed by atoms with van der Waals surface area (Å²) in [5.41, 5.74) is 3.52. The Bertz CT molecular complexity index is 554. The van der Waals surface area contributed by atoms with E-state index in [0.717, 1.165) is 25.2 Å². The number of anilines is 1. The molecular weight excluding hydrogens is 251 g/mol. The third kappa shape index (κ3) is 3.81. The molecule has 2 rings (SSSR count). The van der Waals surface area contributed by atoms with Gasteiger partial charge in [0.05, 0.1) is 0 Å². The van der Waals surface area contributed by atoms with Crippen molar-refractivity contribution in [2.24, 2.45) is 0 Å². The number of likely N-dealkylation sites (N-methyl/N-ethyl adjacent to an activating group) is 1. The monoisotopic (exact) mass is 272 g/mol. The average molecular weight is 272 g/mol. The van der Waals surface area contributed by atoms with Crippen molar-refractivity contribution >= 4 is 5.69 Å². The second kappa shape index (κ2) is 7.06. The number of hydrogen-bond donors (Lipinski definition) is 1. The predicted molar refractivity (Wildman–Crippen MR) is 82.6 cm³/mol. The summed E-state index contributed by atoms with van der Waals surface area (Å²) in [6.07, 6.45) is 1.00. The van der Waals surface area contributed by atoms with Gasteiger partial charge < -0.3 is 10.2 Å². The SMILES string of the molecule is CNCCc1ccccc1CN(C)c1cccc(F)c1. The van der Waals surface area contributed by atoms with Gasteiger partial charge in [-0.1, -0.05) is 30.3 Å². The number of rotatable bonds is 6. The lowest BCUT2D eigenvalue weighted by molar-refractivity contribution is 0.627. The van der Waals surface area contributed by atoms with Gasteiger partial charge in [-0.05, 0) is 49.3 Å². The van der Waals surface area contributed by atoms with E-state index in [0.29, 0.717) is 0 Å². The first-order valence-corrected chi connectivity index (χ1v) is 6.89. The van der Waals surface area contributed by atoms with E-state index >= 15 is 0 Å². The van der Waals surface area contributed by atoms with Gasteiger partial charge in [0.25, 0.3) is 0 Å². The Hall–Kier alpha value is -1.87. The van der Waals surface area contributed by atoms with Crippen LogP contribution in [0.4, 0.5) is 10.1 Å². The summed E-state index contributed by atoms with van der Waals surface area (Å²) in [5.74, 6) is -0.196. The molecule has 0 heterocycles. The minimum absolute atomic E-state index is 0.196. The topological polar surface area (TPSA) is 15.3 Å². The number of nitrogens with one attached hydrogen (secondary N) is 1. The van der Waals surface area contributed by atoms with Crippen LogP contribution in [-0.4, -0.2) is 20.6 Å². The Morgan fingerprint density at radius 2 is 1.80 bits per heavy atom. The first kappa shape index (κ1) is 14.5. The van der Waals surface area contributed by atoms with E-state index in [1.807, 2.05) is 20.2 Å². The Balaban J connectivity index is 2.13.